The molecule has 0 spiro atoms. The first-order chi connectivity index (χ1) is 10.1. The van der Waals surface area contributed by atoms with E-state index in [-0.39, 0.29) is 10.9 Å². The number of carbonyl (C=O) groups excluding carboxylic acids is 1. The third kappa shape index (κ3) is 4.15. The molecule has 7 heteroatoms. The van der Waals surface area contributed by atoms with Crippen LogP contribution in [-0.4, -0.2) is 17.9 Å². The summed E-state index contributed by atoms with van der Waals surface area (Å²) in [6.45, 7) is 0. The quantitative estimate of drug-likeness (QED) is 0.522. The highest BCUT2D eigenvalue weighted by molar-refractivity contribution is 7.16. The normalized spacial score (nSPS) is 10.5. The van der Waals surface area contributed by atoms with Gasteiger partial charge in [-0.1, -0.05) is 11.3 Å². The van der Waals surface area contributed by atoms with Crippen molar-refractivity contribution in [3.05, 3.63) is 57.5 Å². The van der Waals surface area contributed by atoms with Gasteiger partial charge in [-0.05, 0) is 36.4 Å². The number of hydrogen-bond acceptors (Lipinski definition) is 5. The topological polar surface area (TPSA) is 81.5 Å². The van der Waals surface area contributed by atoms with Gasteiger partial charge in [-0.15, -0.1) is 0 Å². The summed E-state index contributed by atoms with van der Waals surface area (Å²) in [5.74, 6) is 0.394. The van der Waals surface area contributed by atoms with E-state index in [0.717, 1.165) is 11.3 Å². The second-order valence-corrected chi connectivity index (χ2v) is 5.08. The molecule has 6 nitrogen and oxygen atoms in total. The molecule has 0 saturated carbocycles. The molecular formula is C14H12N2O4S. The molecule has 2 aromatic rings. The molecule has 1 N–H and O–H groups in total. The van der Waals surface area contributed by atoms with Gasteiger partial charge in [0.25, 0.3) is 0 Å². The van der Waals surface area contributed by atoms with E-state index in [4.69, 9.17) is 4.74 Å². The van der Waals surface area contributed by atoms with Gasteiger partial charge < -0.3 is 10.1 Å². The van der Waals surface area contributed by atoms with Crippen LogP contribution in [0.4, 0.5) is 10.7 Å². The third-order valence-electron chi connectivity index (χ3n) is 2.55. The van der Waals surface area contributed by atoms with Gasteiger partial charge in [0.2, 0.25) is 5.91 Å². The van der Waals surface area contributed by atoms with E-state index >= 15 is 0 Å². The van der Waals surface area contributed by atoms with Crippen LogP contribution < -0.4 is 10.1 Å². The molecule has 21 heavy (non-hydrogen) atoms. The van der Waals surface area contributed by atoms with Gasteiger partial charge >= 0.3 is 5.00 Å². The van der Waals surface area contributed by atoms with E-state index in [2.05, 4.69) is 5.32 Å². The number of hydrogen-bond donors (Lipinski definition) is 1. The molecule has 0 aliphatic carbocycles. The second-order valence-electron chi connectivity index (χ2n) is 3.98. The highest BCUT2D eigenvalue weighted by Crippen LogP contribution is 2.24. The van der Waals surface area contributed by atoms with Crippen LogP contribution in [-0.2, 0) is 4.79 Å². The average molecular weight is 304 g/mol. The summed E-state index contributed by atoms with van der Waals surface area (Å²) in [6.07, 6.45) is 2.87. The van der Waals surface area contributed by atoms with Crippen molar-refractivity contribution in [1.29, 1.82) is 0 Å². The Balaban J connectivity index is 1.96. The molecule has 0 unspecified atom stereocenters. The number of nitrogens with one attached hydrogen (secondary N) is 1. The average Bonchev–Trinajstić information content (AvgIpc) is 2.95. The zero-order valence-corrected chi connectivity index (χ0v) is 11.9. The fourth-order valence-corrected chi connectivity index (χ4v) is 2.27. The number of anilines is 1. The number of nitrogens with zero attached hydrogens (tertiary/aromatic N) is 1. The SMILES string of the molecule is COc1ccc(NC(=O)/C=C/c2ccc([N+](=O)[O-])s2)cc1. The lowest BCUT2D eigenvalue weighted by atomic mass is 10.3. The molecule has 0 atom stereocenters. The Morgan fingerprint density at radius 2 is 2.00 bits per heavy atom. The van der Waals surface area contributed by atoms with Crippen molar-refractivity contribution in [2.24, 2.45) is 0 Å². The predicted molar refractivity (Wildman–Crippen MR) is 81.6 cm³/mol. The van der Waals surface area contributed by atoms with E-state index in [1.54, 1.807) is 37.4 Å². The van der Waals surface area contributed by atoms with Crippen molar-refractivity contribution in [1.82, 2.24) is 0 Å². The minimum absolute atomic E-state index is 0.0465. The molecule has 0 saturated heterocycles. The fourth-order valence-electron chi connectivity index (χ4n) is 1.55. The summed E-state index contributed by atoms with van der Waals surface area (Å²) >= 11 is 1.01. The third-order valence-corrected chi connectivity index (χ3v) is 3.55. The van der Waals surface area contributed by atoms with Crippen molar-refractivity contribution in [2.75, 3.05) is 12.4 Å². The lowest BCUT2D eigenvalue weighted by Crippen LogP contribution is -2.07. The number of ether oxygens (including phenoxy) is 1. The molecular weight excluding hydrogens is 292 g/mol. The van der Waals surface area contributed by atoms with Crippen molar-refractivity contribution < 1.29 is 14.5 Å². The van der Waals surface area contributed by atoms with Crippen molar-refractivity contribution >= 4 is 34.0 Å². The van der Waals surface area contributed by atoms with Crippen LogP contribution in [0.25, 0.3) is 6.08 Å². The molecule has 0 radical (unpaired) electrons. The maximum atomic E-state index is 11.7. The molecule has 108 valence electrons. The Morgan fingerprint density at radius 3 is 2.57 bits per heavy atom. The van der Waals surface area contributed by atoms with Gasteiger partial charge in [0, 0.05) is 22.7 Å². The number of carbonyl (C=O) groups is 1. The van der Waals surface area contributed by atoms with E-state index in [1.165, 1.54) is 18.2 Å². The minimum atomic E-state index is -0.459. The highest BCUT2D eigenvalue weighted by Gasteiger charge is 2.08. The predicted octanol–water partition coefficient (Wildman–Crippen LogP) is 3.32. The molecule has 0 aliphatic rings. The largest absolute Gasteiger partial charge is 0.497 e. The summed E-state index contributed by atoms with van der Waals surface area (Å²) in [5, 5.41) is 13.3. The van der Waals surface area contributed by atoms with E-state index in [0.29, 0.717) is 16.3 Å². The number of thiophene rings is 1. The summed E-state index contributed by atoms with van der Waals surface area (Å²) in [7, 11) is 1.57. The van der Waals surface area contributed by atoms with E-state index < -0.39 is 4.92 Å². The lowest BCUT2D eigenvalue weighted by molar-refractivity contribution is -0.380. The summed E-state index contributed by atoms with van der Waals surface area (Å²) < 4.78 is 5.02. The molecule has 1 aromatic carbocycles. The lowest BCUT2D eigenvalue weighted by Gasteiger charge is -2.03. The molecule has 1 heterocycles. The Labute approximate surface area is 124 Å². The Hall–Kier alpha value is -2.67. The molecule has 0 aliphatic heterocycles. The minimum Gasteiger partial charge on any atom is -0.497 e. The number of amides is 1. The van der Waals surface area contributed by atoms with Crippen LogP contribution in [0.5, 0.6) is 5.75 Å². The first-order valence-corrected chi connectivity index (χ1v) is 6.77. The van der Waals surface area contributed by atoms with Crippen LogP contribution in [0.2, 0.25) is 0 Å². The molecule has 0 fully saturated rings. The van der Waals surface area contributed by atoms with Crippen LogP contribution in [0.1, 0.15) is 4.88 Å². The van der Waals surface area contributed by atoms with Crippen molar-refractivity contribution in [3.8, 4) is 5.75 Å². The number of benzene rings is 1. The smallest absolute Gasteiger partial charge is 0.324 e. The number of rotatable bonds is 5. The Kier molecular flexibility index (Phi) is 4.68. The van der Waals surface area contributed by atoms with Crippen molar-refractivity contribution in [2.45, 2.75) is 0 Å². The van der Waals surface area contributed by atoms with E-state index in [1.807, 2.05) is 0 Å². The Bertz CT molecular complexity index is 677. The maximum absolute atomic E-state index is 11.7. The van der Waals surface area contributed by atoms with Crippen LogP contribution in [0.3, 0.4) is 0 Å². The van der Waals surface area contributed by atoms with E-state index in [9.17, 15) is 14.9 Å². The first-order valence-electron chi connectivity index (χ1n) is 5.96. The summed E-state index contributed by atoms with van der Waals surface area (Å²) in [5.41, 5.74) is 0.641. The van der Waals surface area contributed by atoms with Crippen molar-refractivity contribution in [3.63, 3.8) is 0 Å². The van der Waals surface area contributed by atoms with Crippen LogP contribution in [0.15, 0.2) is 42.5 Å². The molecule has 0 bridgehead atoms. The standard InChI is InChI=1S/C14H12N2O4S/c1-20-11-4-2-10(3-5-11)15-13(17)8-6-12-7-9-14(21-12)16(18)19/h2-9H,1H3,(H,15,17)/b8-6+. The van der Waals surface area contributed by atoms with Gasteiger partial charge in [0.15, 0.2) is 0 Å². The van der Waals surface area contributed by atoms with Crippen LogP contribution >= 0.6 is 11.3 Å². The molecule has 1 amide bonds. The second kappa shape index (κ2) is 6.67. The van der Waals surface area contributed by atoms with Gasteiger partial charge in [0.1, 0.15) is 5.75 Å². The summed E-state index contributed by atoms with van der Waals surface area (Å²) in [6, 6.07) is 9.93. The van der Waals surface area contributed by atoms with Gasteiger partial charge in [-0.25, -0.2) is 0 Å². The van der Waals surface area contributed by atoms with Gasteiger partial charge in [0.05, 0.1) is 12.0 Å². The fraction of sp³-hybridized carbons (Fsp3) is 0.0714. The van der Waals surface area contributed by atoms with Gasteiger partial charge in [-0.2, -0.15) is 0 Å². The Morgan fingerprint density at radius 1 is 1.29 bits per heavy atom. The zero-order chi connectivity index (χ0) is 15.2. The summed E-state index contributed by atoms with van der Waals surface area (Å²) in [4.78, 5) is 22.5. The monoisotopic (exact) mass is 304 g/mol. The first kappa shape index (κ1) is 14.7. The maximum Gasteiger partial charge on any atom is 0.324 e. The molecule has 1 aromatic heterocycles. The molecule has 2 rings (SSSR count). The van der Waals surface area contributed by atoms with Gasteiger partial charge in [-0.3, -0.25) is 14.9 Å². The number of nitro groups is 1. The van der Waals surface area contributed by atoms with Crippen LogP contribution in [0, 0.1) is 10.1 Å². The zero-order valence-electron chi connectivity index (χ0n) is 11.1. The highest BCUT2D eigenvalue weighted by atomic mass is 32.1. The number of methoxy groups -OCH3 is 1.